The van der Waals surface area contributed by atoms with Crippen LogP contribution < -0.4 is 0 Å². The average molecular weight is 268 g/mol. The second-order valence-electron chi connectivity index (χ2n) is 5.58. The Morgan fingerprint density at radius 2 is 1.37 bits per heavy atom. The van der Waals surface area contributed by atoms with Gasteiger partial charge in [0, 0.05) is 7.11 Å². The van der Waals surface area contributed by atoms with Crippen LogP contribution in [0.15, 0.2) is 12.2 Å². The Balaban J connectivity index is 3.17. The second kappa shape index (κ2) is 15.8. The lowest BCUT2D eigenvalue weighted by atomic mass is 10.1. The first-order valence-corrected chi connectivity index (χ1v) is 8.52. The molecule has 0 aliphatic rings. The molecule has 0 amide bonds. The molecule has 0 spiro atoms. The van der Waals surface area contributed by atoms with E-state index in [1.54, 1.807) is 0 Å². The number of rotatable bonds is 14. The topological polar surface area (TPSA) is 9.23 Å². The van der Waals surface area contributed by atoms with Gasteiger partial charge in [-0.2, -0.15) is 0 Å². The Morgan fingerprint density at radius 1 is 0.789 bits per heavy atom. The van der Waals surface area contributed by atoms with Gasteiger partial charge in [0.2, 0.25) is 0 Å². The summed E-state index contributed by atoms with van der Waals surface area (Å²) in [5.74, 6) is 0. The lowest BCUT2D eigenvalue weighted by Crippen LogP contribution is -2.07. The van der Waals surface area contributed by atoms with E-state index in [1.807, 2.05) is 7.11 Å². The number of unbranched alkanes of at least 4 members (excludes halogenated alkanes) is 8. The summed E-state index contributed by atoms with van der Waals surface area (Å²) in [5, 5.41) is 0. The van der Waals surface area contributed by atoms with Crippen LogP contribution in [0.2, 0.25) is 0 Å². The van der Waals surface area contributed by atoms with Crippen molar-refractivity contribution in [2.24, 2.45) is 0 Å². The summed E-state index contributed by atoms with van der Waals surface area (Å²) < 4.78 is 5.38. The van der Waals surface area contributed by atoms with Crippen LogP contribution in [0.5, 0.6) is 0 Å². The quantitative estimate of drug-likeness (QED) is 0.266. The first-order valence-electron chi connectivity index (χ1n) is 8.52. The average Bonchev–Trinajstić information content (AvgIpc) is 2.44. The van der Waals surface area contributed by atoms with Gasteiger partial charge < -0.3 is 4.74 Å². The van der Waals surface area contributed by atoms with E-state index in [9.17, 15) is 0 Å². The maximum atomic E-state index is 5.38. The van der Waals surface area contributed by atoms with Crippen molar-refractivity contribution in [1.29, 1.82) is 0 Å². The van der Waals surface area contributed by atoms with Crippen LogP contribution in [-0.2, 0) is 4.74 Å². The smallest absolute Gasteiger partial charge is 0.0568 e. The third-order valence-electron chi connectivity index (χ3n) is 3.83. The second-order valence-corrected chi connectivity index (χ2v) is 5.58. The van der Waals surface area contributed by atoms with E-state index in [0.717, 1.165) is 6.42 Å². The Hall–Kier alpha value is -0.300. The molecule has 1 atom stereocenters. The zero-order chi connectivity index (χ0) is 14.2. The summed E-state index contributed by atoms with van der Waals surface area (Å²) in [7, 11) is 1.83. The Labute approximate surface area is 121 Å². The fourth-order valence-electron chi connectivity index (χ4n) is 2.40. The zero-order valence-electron chi connectivity index (χ0n) is 13.6. The van der Waals surface area contributed by atoms with E-state index in [-0.39, 0.29) is 0 Å². The molecule has 19 heavy (non-hydrogen) atoms. The molecule has 0 heterocycles. The molecule has 114 valence electrons. The van der Waals surface area contributed by atoms with E-state index in [1.165, 1.54) is 70.6 Å². The van der Waals surface area contributed by atoms with Gasteiger partial charge in [-0.1, -0.05) is 64.5 Å². The van der Waals surface area contributed by atoms with Crippen LogP contribution in [0, 0.1) is 0 Å². The van der Waals surface area contributed by atoms with E-state index >= 15 is 0 Å². The van der Waals surface area contributed by atoms with Crippen LogP contribution in [0.4, 0.5) is 0 Å². The molecule has 0 saturated heterocycles. The summed E-state index contributed by atoms with van der Waals surface area (Å²) in [6.07, 6.45) is 21.1. The fourth-order valence-corrected chi connectivity index (χ4v) is 2.40. The predicted molar refractivity (Wildman–Crippen MR) is 86.7 cm³/mol. The van der Waals surface area contributed by atoms with Crippen molar-refractivity contribution >= 4 is 0 Å². The number of methoxy groups -OCH3 is 1. The molecule has 0 aliphatic carbocycles. The summed E-state index contributed by atoms with van der Waals surface area (Å²) in [6.45, 7) is 4.48. The minimum atomic E-state index is 0.479. The van der Waals surface area contributed by atoms with Gasteiger partial charge in [-0.15, -0.1) is 0 Å². The molecular weight excluding hydrogens is 232 g/mol. The van der Waals surface area contributed by atoms with Crippen molar-refractivity contribution in [2.75, 3.05) is 7.11 Å². The van der Waals surface area contributed by atoms with Crippen LogP contribution >= 0.6 is 0 Å². The number of hydrogen-bond acceptors (Lipinski definition) is 1. The standard InChI is InChI=1S/C18H36O/c1-4-6-7-8-9-10-11-12-13-14-15-16-17-18(5-2)19-3/h12-13,18H,4-11,14-17H2,1-3H3. The first kappa shape index (κ1) is 18.7. The van der Waals surface area contributed by atoms with Gasteiger partial charge in [0.05, 0.1) is 6.10 Å². The molecule has 0 aromatic heterocycles. The van der Waals surface area contributed by atoms with Crippen molar-refractivity contribution < 1.29 is 4.74 Å². The largest absolute Gasteiger partial charge is 0.381 e. The molecule has 0 saturated carbocycles. The highest BCUT2D eigenvalue weighted by Gasteiger charge is 2.02. The molecule has 1 unspecified atom stereocenters. The molecule has 0 fully saturated rings. The van der Waals surface area contributed by atoms with Gasteiger partial charge in [-0.05, 0) is 38.5 Å². The summed E-state index contributed by atoms with van der Waals surface area (Å²) in [6, 6.07) is 0. The third kappa shape index (κ3) is 13.9. The molecule has 0 aromatic rings. The van der Waals surface area contributed by atoms with E-state index < -0.39 is 0 Å². The SMILES string of the molecule is CCCCCCCCC=CCCCCC(CC)OC. The van der Waals surface area contributed by atoms with Gasteiger partial charge >= 0.3 is 0 Å². The molecule has 1 nitrogen and oxygen atoms in total. The number of allylic oxidation sites excluding steroid dienone is 2. The van der Waals surface area contributed by atoms with Gasteiger partial charge in [0.25, 0.3) is 0 Å². The van der Waals surface area contributed by atoms with Gasteiger partial charge in [-0.25, -0.2) is 0 Å². The molecule has 0 aliphatic heterocycles. The minimum absolute atomic E-state index is 0.479. The van der Waals surface area contributed by atoms with Gasteiger partial charge in [-0.3, -0.25) is 0 Å². The van der Waals surface area contributed by atoms with Crippen LogP contribution in [-0.4, -0.2) is 13.2 Å². The maximum absolute atomic E-state index is 5.38. The van der Waals surface area contributed by atoms with E-state index in [2.05, 4.69) is 26.0 Å². The molecular formula is C18H36O. The summed E-state index contributed by atoms with van der Waals surface area (Å²) in [5.41, 5.74) is 0. The maximum Gasteiger partial charge on any atom is 0.0568 e. The normalized spacial score (nSPS) is 13.2. The lowest BCUT2D eigenvalue weighted by molar-refractivity contribution is 0.0899. The van der Waals surface area contributed by atoms with Crippen LogP contribution in [0.3, 0.4) is 0 Å². The van der Waals surface area contributed by atoms with E-state index in [0.29, 0.717) is 6.10 Å². The minimum Gasteiger partial charge on any atom is -0.381 e. The molecule has 0 bridgehead atoms. The van der Waals surface area contributed by atoms with Crippen molar-refractivity contribution in [3.63, 3.8) is 0 Å². The molecule has 0 rings (SSSR count). The van der Waals surface area contributed by atoms with Gasteiger partial charge in [0.1, 0.15) is 0 Å². The van der Waals surface area contributed by atoms with Crippen molar-refractivity contribution in [3.8, 4) is 0 Å². The molecule has 1 heteroatoms. The molecule has 0 N–H and O–H groups in total. The monoisotopic (exact) mass is 268 g/mol. The third-order valence-corrected chi connectivity index (χ3v) is 3.83. The van der Waals surface area contributed by atoms with Gasteiger partial charge in [0.15, 0.2) is 0 Å². The van der Waals surface area contributed by atoms with Crippen LogP contribution in [0.25, 0.3) is 0 Å². The highest BCUT2D eigenvalue weighted by atomic mass is 16.5. The highest BCUT2D eigenvalue weighted by molar-refractivity contribution is 4.81. The predicted octanol–water partition coefficient (Wildman–Crippen LogP) is 6.28. The van der Waals surface area contributed by atoms with Crippen LogP contribution in [0.1, 0.15) is 90.9 Å². The fraction of sp³-hybridized carbons (Fsp3) is 0.889. The Bertz CT molecular complexity index is 182. The highest BCUT2D eigenvalue weighted by Crippen LogP contribution is 2.10. The van der Waals surface area contributed by atoms with Crippen molar-refractivity contribution in [1.82, 2.24) is 0 Å². The van der Waals surface area contributed by atoms with Crippen molar-refractivity contribution in [2.45, 2.75) is 97.0 Å². The number of hydrogen-bond donors (Lipinski definition) is 0. The summed E-state index contributed by atoms with van der Waals surface area (Å²) in [4.78, 5) is 0. The molecule has 0 aromatic carbocycles. The summed E-state index contributed by atoms with van der Waals surface area (Å²) >= 11 is 0. The Kier molecular flexibility index (Phi) is 15.5. The molecule has 0 radical (unpaired) electrons. The van der Waals surface area contributed by atoms with Crippen molar-refractivity contribution in [3.05, 3.63) is 12.2 Å². The van der Waals surface area contributed by atoms with E-state index in [4.69, 9.17) is 4.74 Å². The lowest BCUT2D eigenvalue weighted by Gasteiger charge is -2.11. The Morgan fingerprint density at radius 3 is 1.95 bits per heavy atom. The zero-order valence-corrected chi connectivity index (χ0v) is 13.6. The number of ether oxygens (including phenoxy) is 1. The first-order chi connectivity index (χ1) is 9.35.